The topological polar surface area (TPSA) is 34.9 Å². The molecule has 0 spiro atoms. The van der Waals surface area contributed by atoms with Gasteiger partial charge in [-0.3, -0.25) is 9.36 Å². The van der Waals surface area contributed by atoms with Gasteiger partial charge < -0.3 is 0 Å². The maximum atomic E-state index is 12.7. The van der Waals surface area contributed by atoms with E-state index in [9.17, 15) is 4.79 Å². The number of imidazole rings is 1. The lowest BCUT2D eigenvalue weighted by atomic mass is 9.81. The Morgan fingerprint density at radius 1 is 1.30 bits per heavy atom. The molecule has 1 heterocycles. The van der Waals surface area contributed by atoms with Crippen LogP contribution < -0.4 is 0 Å². The maximum Gasteiger partial charge on any atom is 0.239 e. The van der Waals surface area contributed by atoms with Crippen molar-refractivity contribution in [3.8, 4) is 0 Å². The first-order chi connectivity index (χ1) is 9.37. The van der Waals surface area contributed by atoms with Gasteiger partial charge in [-0.05, 0) is 29.5 Å². The monoisotopic (exact) mass is 290 g/mol. The van der Waals surface area contributed by atoms with E-state index in [4.69, 9.17) is 11.6 Å². The minimum atomic E-state index is -0.193. The van der Waals surface area contributed by atoms with Crippen molar-refractivity contribution < 1.29 is 4.79 Å². The molecule has 1 unspecified atom stereocenters. The van der Waals surface area contributed by atoms with Gasteiger partial charge in [-0.15, -0.1) is 0 Å². The Balaban J connectivity index is 2.34. The number of nitrogens with zero attached hydrogens (tertiary/aromatic N) is 2. The fraction of sp³-hybridized carbons (Fsp3) is 0.375. The summed E-state index contributed by atoms with van der Waals surface area (Å²) >= 11 is 5.93. The van der Waals surface area contributed by atoms with Crippen LogP contribution in [0, 0.1) is 5.41 Å². The van der Waals surface area contributed by atoms with Gasteiger partial charge in [0.05, 0.1) is 5.92 Å². The highest BCUT2D eigenvalue weighted by Gasteiger charge is 2.27. The van der Waals surface area contributed by atoms with E-state index in [2.05, 4.69) is 25.8 Å². The summed E-state index contributed by atoms with van der Waals surface area (Å²) < 4.78 is 1.55. The summed E-state index contributed by atoms with van der Waals surface area (Å²) in [6.07, 6.45) is 5.63. The summed E-state index contributed by atoms with van der Waals surface area (Å²) in [5.41, 5.74) is 1.05. The third-order valence-corrected chi connectivity index (χ3v) is 3.40. The van der Waals surface area contributed by atoms with Crippen LogP contribution >= 0.6 is 11.6 Å². The lowest BCUT2D eigenvalue weighted by Gasteiger charge is -2.25. The van der Waals surface area contributed by atoms with Crippen molar-refractivity contribution in [2.45, 2.75) is 33.1 Å². The third-order valence-electron chi connectivity index (χ3n) is 3.15. The molecule has 0 bridgehead atoms. The van der Waals surface area contributed by atoms with Crippen LogP contribution in [0.3, 0.4) is 0 Å². The average Bonchev–Trinajstić information content (AvgIpc) is 2.89. The fourth-order valence-corrected chi connectivity index (χ4v) is 2.35. The molecular weight excluding hydrogens is 272 g/mol. The summed E-state index contributed by atoms with van der Waals surface area (Å²) in [4.78, 5) is 16.6. The van der Waals surface area contributed by atoms with Crippen molar-refractivity contribution in [1.29, 1.82) is 0 Å². The number of rotatable bonds is 3. The quantitative estimate of drug-likeness (QED) is 0.840. The number of carbonyl (C=O) groups excluding carboxylic acids is 1. The fourth-order valence-electron chi connectivity index (χ4n) is 2.22. The van der Waals surface area contributed by atoms with E-state index < -0.39 is 0 Å². The van der Waals surface area contributed by atoms with E-state index in [-0.39, 0.29) is 17.2 Å². The first kappa shape index (κ1) is 14.8. The minimum absolute atomic E-state index is 0.0414. The molecule has 2 aromatic rings. The standard InChI is InChI=1S/C16H19ClN2O/c1-16(2,3)10-14(12-4-6-13(17)7-5-12)15(20)19-9-8-18-11-19/h4-9,11,14H,10H2,1-3H3. The van der Waals surface area contributed by atoms with Crippen molar-refractivity contribution in [3.05, 3.63) is 53.6 Å². The second kappa shape index (κ2) is 5.80. The van der Waals surface area contributed by atoms with Gasteiger partial charge >= 0.3 is 0 Å². The molecule has 0 N–H and O–H groups in total. The summed E-state index contributed by atoms with van der Waals surface area (Å²) in [7, 11) is 0. The molecule has 4 heteroatoms. The Bertz CT molecular complexity index is 568. The van der Waals surface area contributed by atoms with Crippen LogP contribution in [0.25, 0.3) is 0 Å². The molecule has 0 saturated heterocycles. The second-order valence-corrected chi connectivity index (χ2v) is 6.61. The van der Waals surface area contributed by atoms with Crippen molar-refractivity contribution in [1.82, 2.24) is 9.55 Å². The number of carbonyl (C=O) groups is 1. The second-order valence-electron chi connectivity index (χ2n) is 6.18. The van der Waals surface area contributed by atoms with Crippen LogP contribution in [0.4, 0.5) is 0 Å². The van der Waals surface area contributed by atoms with E-state index >= 15 is 0 Å². The first-order valence-electron chi connectivity index (χ1n) is 6.64. The van der Waals surface area contributed by atoms with Crippen molar-refractivity contribution in [2.24, 2.45) is 5.41 Å². The predicted octanol–water partition coefficient (Wildman–Crippen LogP) is 4.40. The van der Waals surface area contributed by atoms with Crippen molar-refractivity contribution >= 4 is 17.5 Å². The molecule has 106 valence electrons. The molecule has 1 aromatic heterocycles. The lowest BCUT2D eigenvalue weighted by Crippen LogP contribution is -2.23. The molecule has 1 atom stereocenters. The Morgan fingerprint density at radius 2 is 1.95 bits per heavy atom. The summed E-state index contributed by atoms with van der Waals surface area (Å²) in [6, 6.07) is 7.50. The molecule has 0 aliphatic heterocycles. The van der Waals surface area contributed by atoms with Crippen molar-refractivity contribution in [2.75, 3.05) is 0 Å². The molecule has 0 fully saturated rings. The van der Waals surface area contributed by atoms with E-state index in [0.29, 0.717) is 5.02 Å². The van der Waals surface area contributed by atoms with E-state index in [1.165, 1.54) is 0 Å². The van der Waals surface area contributed by atoms with Gasteiger partial charge in [-0.25, -0.2) is 4.98 Å². The zero-order valence-corrected chi connectivity index (χ0v) is 12.8. The Hall–Kier alpha value is -1.61. The van der Waals surface area contributed by atoms with Crippen LogP contribution in [0.5, 0.6) is 0 Å². The number of hydrogen-bond donors (Lipinski definition) is 0. The Kier molecular flexibility index (Phi) is 4.29. The zero-order chi connectivity index (χ0) is 14.8. The van der Waals surface area contributed by atoms with Gasteiger partial charge in [0.15, 0.2) is 0 Å². The summed E-state index contributed by atoms with van der Waals surface area (Å²) in [6.45, 7) is 6.41. The van der Waals surface area contributed by atoms with Crippen LogP contribution in [0.2, 0.25) is 5.02 Å². The van der Waals surface area contributed by atoms with Gasteiger partial charge in [0, 0.05) is 17.4 Å². The predicted molar refractivity (Wildman–Crippen MR) is 81.1 cm³/mol. The first-order valence-corrected chi connectivity index (χ1v) is 7.02. The third kappa shape index (κ3) is 3.70. The lowest BCUT2D eigenvalue weighted by molar-refractivity contribution is 0.0852. The zero-order valence-electron chi connectivity index (χ0n) is 12.0. The normalized spacial score (nSPS) is 13.2. The van der Waals surface area contributed by atoms with Gasteiger partial charge in [0.2, 0.25) is 5.91 Å². The molecule has 20 heavy (non-hydrogen) atoms. The highest BCUT2D eigenvalue weighted by molar-refractivity contribution is 6.30. The smallest absolute Gasteiger partial charge is 0.239 e. The average molecular weight is 291 g/mol. The molecule has 0 saturated carbocycles. The number of benzene rings is 1. The highest BCUT2D eigenvalue weighted by atomic mass is 35.5. The summed E-state index contributed by atoms with van der Waals surface area (Å²) in [5.74, 6) is -0.152. The molecule has 3 nitrogen and oxygen atoms in total. The van der Waals surface area contributed by atoms with Crippen LogP contribution in [0.1, 0.15) is 43.5 Å². The largest absolute Gasteiger partial charge is 0.276 e. The minimum Gasteiger partial charge on any atom is -0.276 e. The maximum absolute atomic E-state index is 12.7. The molecule has 0 aliphatic carbocycles. The Labute approximate surface area is 124 Å². The van der Waals surface area contributed by atoms with Crippen molar-refractivity contribution in [3.63, 3.8) is 0 Å². The van der Waals surface area contributed by atoms with Gasteiger partial charge in [0.25, 0.3) is 0 Å². The highest BCUT2D eigenvalue weighted by Crippen LogP contribution is 2.32. The molecular formula is C16H19ClN2O. The molecule has 1 aromatic carbocycles. The number of aromatic nitrogens is 2. The summed E-state index contributed by atoms with van der Waals surface area (Å²) in [5, 5.41) is 0.679. The molecule has 0 amide bonds. The molecule has 0 aliphatic rings. The van der Waals surface area contributed by atoms with E-state index in [1.54, 1.807) is 23.3 Å². The van der Waals surface area contributed by atoms with Crippen LogP contribution in [-0.2, 0) is 0 Å². The number of halogens is 1. The SMILES string of the molecule is CC(C)(C)CC(C(=O)n1ccnc1)c1ccc(Cl)cc1. The van der Waals surface area contributed by atoms with Gasteiger partial charge in [-0.2, -0.15) is 0 Å². The molecule has 0 radical (unpaired) electrons. The van der Waals surface area contributed by atoms with Crippen LogP contribution in [-0.4, -0.2) is 15.5 Å². The Morgan fingerprint density at radius 3 is 2.45 bits per heavy atom. The van der Waals surface area contributed by atoms with Gasteiger partial charge in [-0.1, -0.05) is 44.5 Å². The van der Waals surface area contributed by atoms with E-state index in [0.717, 1.165) is 12.0 Å². The van der Waals surface area contributed by atoms with Gasteiger partial charge in [0.1, 0.15) is 6.33 Å². The van der Waals surface area contributed by atoms with Crippen LogP contribution in [0.15, 0.2) is 43.0 Å². The van der Waals surface area contributed by atoms with E-state index in [1.807, 2.05) is 24.3 Å². The molecule has 2 rings (SSSR count). The number of hydrogen-bond acceptors (Lipinski definition) is 2.